The Morgan fingerprint density at radius 1 is 1.21 bits per heavy atom. The Hall–Kier alpha value is -1.87. The molecule has 1 aromatic heterocycles. The number of rotatable bonds is 4. The first-order chi connectivity index (χ1) is 9.11. The molecular formula is C16H19NO2. The third-order valence-corrected chi connectivity index (χ3v) is 3.15. The molecule has 2 rings (SSSR count). The predicted molar refractivity (Wildman–Crippen MR) is 75.1 cm³/mol. The van der Waals surface area contributed by atoms with Crippen molar-refractivity contribution in [1.82, 2.24) is 4.98 Å². The van der Waals surface area contributed by atoms with Gasteiger partial charge >= 0.3 is 0 Å². The Morgan fingerprint density at radius 3 is 2.53 bits per heavy atom. The van der Waals surface area contributed by atoms with Gasteiger partial charge in [0, 0.05) is 11.3 Å². The van der Waals surface area contributed by atoms with Crippen LogP contribution in [0.4, 0.5) is 0 Å². The molecule has 3 heteroatoms. The van der Waals surface area contributed by atoms with Crippen molar-refractivity contribution >= 4 is 0 Å². The van der Waals surface area contributed by atoms with Crippen LogP contribution in [0.15, 0.2) is 36.4 Å². The molecule has 0 aliphatic rings. The number of hydrogen-bond donors (Lipinski definition) is 1. The minimum Gasteiger partial charge on any atom is -0.469 e. The van der Waals surface area contributed by atoms with Crippen LogP contribution < -0.4 is 4.74 Å². The van der Waals surface area contributed by atoms with Gasteiger partial charge < -0.3 is 9.84 Å². The lowest BCUT2D eigenvalue weighted by Gasteiger charge is -2.18. The zero-order valence-corrected chi connectivity index (χ0v) is 11.6. The molecule has 1 N–H and O–H groups in total. The van der Waals surface area contributed by atoms with Gasteiger partial charge in [-0.15, -0.1) is 0 Å². The van der Waals surface area contributed by atoms with Crippen LogP contribution in [0.2, 0.25) is 0 Å². The summed E-state index contributed by atoms with van der Waals surface area (Å²) < 4.78 is 5.91. The summed E-state index contributed by atoms with van der Waals surface area (Å²) in [5.74, 6) is 0.524. The number of nitrogens with zero attached hydrogens (tertiary/aromatic N) is 1. The highest BCUT2D eigenvalue weighted by Gasteiger charge is 2.13. The summed E-state index contributed by atoms with van der Waals surface area (Å²) in [6.45, 7) is 5.81. The largest absolute Gasteiger partial charge is 0.469 e. The average molecular weight is 257 g/mol. The van der Waals surface area contributed by atoms with Gasteiger partial charge in [-0.05, 0) is 38.0 Å². The molecule has 0 saturated heterocycles. The van der Waals surface area contributed by atoms with E-state index in [0.29, 0.717) is 5.88 Å². The van der Waals surface area contributed by atoms with Crippen molar-refractivity contribution in [3.63, 3.8) is 0 Å². The van der Waals surface area contributed by atoms with Gasteiger partial charge in [0.05, 0.1) is 6.61 Å². The monoisotopic (exact) mass is 257 g/mol. The summed E-state index contributed by atoms with van der Waals surface area (Å²) in [5.41, 5.74) is 3.75. The van der Waals surface area contributed by atoms with Crippen LogP contribution in [0.1, 0.15) is 35.4 Å². The van der Waals surface area contributed by atoms with Crippen LogP contribution in [-0.4, -0.2) is 10.1 Å². The first-order valence-corrected chi connectivity index (χ1v) is 6.41. The zero-order chi connectivity index (χ0) is 13.8. The molecule has 0 saturated carbocycles. The van der Waals surface area contributed by atoms with Crippen molar-refractivity contribution in [2.45, 2.75) is 33.5 Å². The molecule has 19 heavy (non-hydrogen) atoms. The Balaban J connectivity index is 2.28. The molecule has 3 nitrogen and oxygen atoms in total. The SMILES string of the molecule is Cc1cc(C)c(CO)c(OC(C)c2ccccc2)n1. The molecule has 1 unspecified atom stereocenters. The Morgan fingerprint density at radius 2 is 1.89 bits per heavy atom. The van der Waals surface area contributed by atoms with E-state index in [4.69, 9.17) is 4.74 Å². The molecular weight excluding hydrogens is 238 g/mol. The third kappa shape index (κ3) is 3.12. The van der Waals surface area contributed by atoms with E-state index in [1.165, 1.54) is 0 Å². The molecule has 0 radical (unpaired) electrons. The van der Waals surface area contributed by atoms with Crippen molar-refractivity contribution in [1.29, 1.82) is 0 Å². The number of benzene rings is 1. The third-order valence-electron chi connectivity index (χ3n) is 3.15. The molecule has 1 aromatic carbocycles. The molecule has 1 heterocycles. The maximum Gasteiger partial charge on any atom is 0.220 e. The van der Waals surface area contributed by atoms with E-state index in [9.17, 15) is 5.11 Å². The van der Waals surface area contributed by atoms with Gasteiger partial charge in [0.25, 0.3) is 0 Å². The lowest BCUT2D eigenvalue weighted by molar-refractivity contribution is 0.203. The summed E-state index contributed by atoms with van der Waals surface area (Å²) >= 11 is 0. The van der Waals surface area contributed by atoms with Gasteiger partial charge in [-0.2, -0.15) is 0 Å². The lowest BCUT2D eigenvalue weighted by Crippen LogP contribution is -2.08. The number of aliphatic hydroxyl groups excluding tert-OH is 1. The van der Waals surface area contributed by atoms with Gasteiger partial charge in [0.2, 0.25) is 5.88 Å². The fourth-order valence-corrected chi connectivity index (χ4v) is 2.08. The number of pyridine rings is 1. The van der Waals surface area contributed by atoms with Crippen LogP contribution >= 0.6 is 0 Å². The second kappa shape index (κ2) is 5.85. The van der Waals surface area contributed by atoms with E-state index in [1.54, 1.807) is 0 Å². The first kappa shape index (κ1) is 13.6. The predicted octanol–water partition coefficient (Wildman–Crippen LogP) is 3.33. The highest BCUT2D eigenvalue weighted by atomic mass is 16.5. The normalized spacial score (nSPS) is 12.2. The van der Waals surface area contributed by atoms with E-state index in [-0.39, 0.29) is 12.7 Å². The van der Waals surface area contributed by atoms with Crippen LogP contribution in [0.5, 0.6) is 5.88 Å². The second-order valence-electron chi connectivity index (χ2n) is 4.69. The Labute approximate surface area is 113 Å². The van der Waals surface area contributed by atoms with Gasteiger partial charge in [-0.3, -0.25) is 0 Å². The summed E-state index contributed by atoms with van der Waals surface area (Å²) in [4.78, 5) is 4.39. The maximum atomic E-state index is 9.45. The molecule has 0 aliphatic carbocycles. The van der Waals surface area contributed by atoms with E-state index in [0.717, 1.165) is 22.4 Å². The molecule has 0 amide bonds. The topological polar surface area (TPSA) is 42.4 Å². The smallest absolute Gasteiger partial charge is 0.220 e. The molecule has 100 valence electrons. The minimum atomic E-state index is -0.0970. The van der Waals surface area contributed by atoms with E-state index in [2.05, 4.69) is 4.98 Å². The van der Waals surface area contributed by atoms with Crippen LogP contribution in [-0.2, 0) is 6.61 Å². The standard InChI is InChI=1S/C16H19NO2/c1-11-9-12(2)17-16(15(11)10-18)19-13(3)14-7-5-4-6-8-14/h4-9,13,18H,10H2,1-3H3. The Bertz CT molecular complexity index is 552. The van der Waals surface area contributed by atoms with Gasteiger partial charge in [0.1, 0.15) is 6.10 Å². The molecule has 0 bridgehead atoms. The number of ether oxygens (including phenoxy) is 1. The second-order valence-corrected chi connectivity index (χ2v) is 4.69. The van der Waals surface area contributed by atoms with Gasteiger partial charge in [0.15, 0.2) is 0 Å². The number of aryl methyl sites for hydroxylation is 2. The van der Waals surface area contributed by atoms with Gasteiger partial charge in [-0.1, -0.05) is 30.3 Å². The molecule has 1 atom stereocenters. The van der Waals surface area contributed by atoms with Crippen LogP contribution in [0, 0.1) is 13.8 Å². The van der Waals surface area contributed by atoms with E-state index < -0.39 is 0 Å². The molecule has 0 fully saturated rings. The molecule has 0 aliphatic heterocycles. The zero-order valence-electron chi connectivity index (χ0n) is 11.6. The van der Waals surface area contributed by atoms with E-state index in [1.807, 2.05) is 57.2 Å². The number of aliphatic hydroxyl groups is 1. The quantitative estimate of drug-likeness (QED) is 0.913. The summed E-state index contributed by atoms with van der Waals surface area (Å²) in [5, 5.41) is 9.45. The summed E-state index contributed by atoms with van der Waals surface area (Å²) in [6, 6.07) is 11.9. The molecule has 2 aromatic rings. The summed E-state index contributed by atoms with van der Waals surface area (Å²) in [6.07, 6.45) is -0.0970. The van der Waals surface area contributed by atoms with Crippen LogP contribution in [0.25, 0.3) is 0 Å². The fraction of sp³-hybridized carbons (Fsp3) is 0.312. The van der Waals surface area contributed by atoms with Crippen LogP contribution in [0.3, 0.4) is 0 Å². The minimum absolute atomic E-state index is 0.0596. The number of aromatic nitrogens is 1. The van der Waals surface area contributed by atoms with E-state index >= 15 is 0 Å². The van der Waals surface area contributed by atoms with Crippen molar-refractivity contribution in [3.05, 3.63) is 58.8 Å². The first-order valence-electron chi connectivity index (χ1n) is 6.41. The maximum absolute atomic E-state index is 9.45. The number of hydrogen-bond acceptors (Lipinski definition) is 3. The highest BCUT2D eigenvalue weighted by Crippen LogP contribution is 2.26. The van der Waals surface area contributed by atoms with Crippen molar-refractivity contribution < 1.29 is 9.84 Å². The van der Waals surface area contributed by atoms with Crippen molar-refractivity contribution in [2.24, 2.45) is 0 Å². The lowest BCUT2D eigenvalue weighted by atomic mass is 10.1. The Kier molecular flexibility index (Phi) is 4.17. The summed E-state index contributed by atoms with van der Waals surface area (Å²) in [7, 11) is 0. The van der Waals surface area contributed by atoms with Crippen molar-refractivity contribution in [2.75, 3.05) is 0 Å². The van der Waals surface area contributed by atoms with Crippen molar-refractivity contribution in [3.8, 4) is 5.88 Å². The molecule has 0 spiro atoms. The fourth-order valence-electron chi connectivity index (χ4n) is 2.08. The highest BCUT2D eigenvalue weighted by molar-refractivity contribution is 5.35. The van der Waals surface area contributed by atoms with Gasteiger partial charge in [-0.25, -0.2) is 4.98 Å². The average Bonchev–Trinajstić information content (AvgIpc) is 2.39.